The average molecular weight is 470 g/mol. The van der Waals surface area contributed by atoms with Crippen molar-refractivity contribution in [2.75, 3.05) is 18.4 Å². The van der Waals surface area contributed by atoms with E-state index in [9.17, 15) is 13.2 Å². The van der Waals surface area contributed by atoms with Crippen LogP contribution in [0, 0.1) is 0 Å². The Hall–Kier alpha value is -2.59. The molecule has 1 aliphatic heterocycles. The number of rotatable bonds is 4. The van der Waals surface area contributed by atoms with Gasteiger partial charge in [0.05, 0.1) is 22.8 Å². The van der Waals surface area contributed by atoms with Crippen LogP contribution in [-0.2, 0) is 21.2 Å². The van der Waals surface area contributed by atoms with E-state index in [0.717, 1.165) is 22.6 Å². The van der Waals surface area contributed by atoms with Crippen molar-refractivity contribution >= 4 is 32.4 Å². The van der Waals surface area contributed by atoms with Crippen LogP contribution in [0.1, 0.15) is 34.6 Å². The molecule has 166 valence electrons. The zero-order chi connectivity index (χ0) is 22.5. The van der Waals surface area contributed by atoms with E-state index >= 15 is 0 Å². The molecule has 0 saturated carbocycles. The van der Waals surface area contributed by atoms with Crippen LogP contribution in [0.4, 0.5) is 5.13 Å². The highest BCUT2D eigenvalue weighted by atomic mass is 32.2. The Morgan fingerprint density at radius 3 is 2.50 bits per heavy atom. The van der Waals surface area contributed by atoms with E-state index in [2.05, 4.69) is 16.4 Å². The van der Waals surface area contributed by atoms with Gasteiger partial charge < -0.3 is 4.74 Å². The molecule has 2 aromatic carbocycles. The van der Waals surface area contributed by atoms with Gasteiger partial charge in [0.2, 0.25) is 10.0 Å². The fraction of sp³-hybridized carbons (Fsp3) is 0.304. The lowest BCUT2D eigenvalue weighted by atomic mass is 10.1. The molecule has 1 fully saturated rings. The van der Waals surface area contributed by atoms with Crippen LogP contribution in [0.2, 0.25) is 0 Å². The molecule has 7 nitrogen and oxygen atoms in total. The third-order valence-corrected chi connectivity index (χ3v) is 8.50. The third-order valence-electron chi connectivity index (χ3n) is 5.68. The van der Waals surface area contributed by atoms with Crippen molar-refractivity contribution in [2.45, 2.75) is 37.4 Å². The summed E-state index contributed by atoms with van der Waals surface area (Å²) in [5.41, 5.74) is 3.67. The second kappa shape index (κ2) is 8.08. The van der Waals surface area contributed by atoms with Crippen LogP contribution in [0.25, 0.3) is 11.3 Å². The fourth-order valence-electron chi connectivity index (χ4n) is 4.24. The van der Waals surface area contributed by atoms with Gasteiger partial charge in [-0.15, -0.1) is 11.3 Å². The molecule has 1 N–H and O–H groups in total. The summed E-state index contributed by atoms with van der Waals surface area (Å²) in [5.74, 6) is -0.316. The molecule has 2 atom stereocenters. The smallest absolute Gasteiger partial charge is 0.257 e. The van der Waals surface area contributed by atoms with Gasteiger partial charge in [-0.2, -0.15) is 4.31 Å². The molecule has 1 amide bonds. The topological polar surface area (TPSA) is 88.6 Å². The number of carbonyl (C=O) groups is 1. The molecule has 5 rings (SSSR count). The zero-order valence-corrected chi connectivity index (χ0v) is 19.4. The van der Waals surface area contributed by atoms with Gasteiger partial charge in [-0.1, -0.05) is 24.3 Å². The van der Waals surface area contributed by atoms with E-state index in [-0.39, 0.29) is 23.0 Å². The van der Waals surface area contributed by atoms with E-state index in [1.165, 1.54) is 45.5 Å². The lowest BCUT2D eigenvalue weighted by Gasteiger charge is -2.34. The van der Waals surface area contributed by atoms with Crippen molar-refractivity contribution in [1.82, 2.24) is 9.29 Å². The minimum Gasteiger partial charge on any atom is -0.373 e. The average Bonchev–Trinajstić information content (AvgIpc) is 3.30. The van der Waals surface area contributed by atoms with E-state index in [1.807, 2.05) is 32.0 Å². The summed E-state index contributed by atoms with van der Waals surface area (Å²) in [5, 5.41) is 3.39. The van der Waals surface area contributed by atoms with Gasteiger partial charge in [0.25, 0.3) is 5.91 Å². The number of ether oxygens (including phenoxy) is 1. The first kappa shape index (κ1) is 21.3. The maximum Gasteiger partial charge on any atom is 0.257 e. The Balaban J connectivity index is 1.30. The van der Waals surface area contributed by atoms with Gasteiger partial charge in [0, 0.05) is 35.5 Å². The van der Waals surface area contributed by atoms with Gasteiger partial charge in [-0.3, -0.25) is 10.1 Å². The summed E-state index contributed by atoms with van der Waals surface area (Å²) in [6.07, 6.45) is 0.501. The number of amides is 1. The Morgan fingerprint density at radius 1 is 1.09 bits per heavy atom. The number of sulfonamides is 1. The van der Waals surface area contributed by atoms with Gasteiger partial charge >= 0.3 is 0 Å². The highest BCUT2D eigenvalue weighted by Gasteiger charge is 2.32. The molecule has 1 aliphatic carbocycles. The molecule has 32 heavy (non-hydrogen) atoms. The number of morpholine rings is 1. The summed E-state index contributed by atoms with van der Waals surface area (Å²) in [6, 6.07) is 14.2. The predicted octanol–water partition coefficient (Wildman–Crippen LogP) is 3.76. The minimum atomic E-state index is -3.64. The molecule has 2 heterocycles. The van der Waals surface area contributed by atoms with Crippen LogP contribution in [0.5, 0.6) is 0 Å². The molecule has 0 spiro atoms. The summed E-state index contributed by atoms with van der Waals surface area (Å²) in [6.45, 7) is 4.34. The molecule has 1 aromatic heterocycles. The number of hydrogen-bond donors (Lipinski definition) is 1. The van der Waals surface area contributed by atoms with Crippen LogP contribution in [0.15, 0.2) is 53.4 Å². The lowest BCUT2D eigenvalue weighted by Crippen LogP contribution is -2.48. The third kappa shape index (κ3) is 3.86. The largest absolute Gasteiger partial charge is 0.373 e. The Kier molecular flexibility index (Phi) is 5.37. The number of nitrogens with one attached hydrogen (secondary N) is 1. The number of nitrogens with zero attached hydrogens (tertiary/aromatic N) is 2. The molecule has 9 heteroatoms. The second-order valence-electron chi connectivity index (χ2n) is 8.18. The molecule has 0 unspecified atom stereocenters. The van der Waals surface area contributed by atoms with Gasteiger partial charge in [-0.05, 0) is 43.7 Å². The van der Waals surface area contributed by atoms with Crippen molar-refractivity contribution < 1.29 is 17.9 Å². The zero-order valence-electron chi connectivity index (χ0n) is 17.7. The van der Waals surface area contributed by atoms with Gasteiger partial charge in [0.15, 0.2) is 5.13 Å². The lowest BCUT2D eigenvalue weighted by molar-refractivity contribution is -0.0440. The Bertz CT molecular complexity index is 1270. The molecule has 2 aliphatic rings. The summed E-state index contributed by atoms with van der Waals surface area (Å²) < 4.78 is 33.1. The number of aromatic nitrogens is 1. The molecule has 1 saturated heterocycles. The summed E-state index contributed by atoms with van der Waals surface area (Å²) in [4.78, 5) is 18.6. The predicted molar refractivity (Wildman–Crippen MR) is 124 cm³/mol. The fourth-order valence-corrected chi connectivity index (χ4v) is 6.82. The highest BCUT2D eigenvalue weighted by Crippen LogP contribution is 2.40. The number of benzene rings is 2. The van der Waals surface area contributed by atoms with E-state index < -0.39 is 10.0 Å². The number of fused-ring (bicyclic) bond motifs is 3. The van der Waals surface area contributed by atoms with Crippen molar-refractivity contribution in [3.8, 4) is 11.3 Å². The molecule has 0 bridgehead atoms. The number of thiazole rings is 1. The quantitative estimate of drug-likeness (QED) is 0.492. The van der Waals surface area contributed by atoms with E-state index in [0.29, 0.717) is 23.8 Å². The first-order valence-electron chi connectivity index (χ1n) is 10.5. The van der Waals surface area contributed by atoms with Crippen molar-refractivity contribution in [3.05, 3.63) is 64.5 Å². The first-order valence-corrected chi connectivity index (χ1v) is 12.7. The maximum atomic E-state index is 13.0. The van der Waals surface area contributed by atoms with Gasteiger partial charge in [0.1, 0.15) is 0 Å². The van der Waals surface area contributed by atoms with Crippen molar-refractivity contribution in [1.29, 1.82) is 0 Å². The minimum absolute atomic E-state index is 0.162. The molecule has 3 aromatic rings. The van der Waals surface area contributed by atoms with Crippen molar-refractivity contribution in [2.24, 2.45) is 0 Å². The van der Waals surface area contributed by atoms with Crippen LogP contribution in [-0.4, -0.2) is 48.9 Å². The number of anilines is 1. The van der Waals surface area contributed by atoms with Crippen LogP contribution in [0.3, 0.4) is 0 Å². The summed E-state index contributed by atoms with van der Waals surface area (Å²) >= 11 is 1.47. The SMILES string of the molecule is C[C@@H]1CN(S(=O)(=O)c2ccc(C(=O)Nc3nc4c(s3)Cc3ccccc3-4)cc2)C[C@H](C)O1. The Labute approximate surface area is 191 Å². The van der Waals surface area contributed by atoms with Crippen molar-refractivity contribution in [3.63, 3.8) is 0 Å². The van der Waals surface area contributed by atoms with Gasteiger partial charge in [-0.25, -0.2) is 13.4 Å². The number of hydrogen-bond acceptors (Lipinski definition) is 6. The van der Waals surface area contributed by atoms with E-state index in [4.69, 9.17) is 4.74 Å². The normalized spacial score (nSPS) is 20.6. The molecular formula is C23H23N3O4S2. The molecule has 0 radical (unpaired) electrons. The maximum absolute atomic E-state index is 13.0. The number of carbonyl (C=O) groups excluding carboxylic acids is 1. The second-order valence-corrected chi connectivity index (χ2v) is 11.2. The standard InChI is InChI=1S/C23H23N3O4S2/c1-14-12-26(13-15(2)30-14)32(28,29)18-9-7-16(8-10-18)22(27)25-23-24-21-19-6-4-3-5-17(19)11-20(21)31-23/h3-10,14-15H,11-13H2,1-2H3,(H,24,25,27)/t14-,15+. The van der Waals surface area contributed by atoms with E-state index in [1.54, 1.807) is 0 Å². The van der Waals surface area contributed by atoms with Crippen LogP contribution < -0.4 is 5.32 Å². The monoisotopic (exact) mass is 469 g/mol. The molecular weight excluding hydrogens is 446 g/mol. The summed E-state index contributed by atoms with van der Waals surface area (Å²) in [7, 11) is -3.64. The first-order chi connectivity index (χ1) is 15.3. The highest BCUT2D eigenvalue weighted by molar-refractivity contribution is 7.89. The Morgan fingerprint density at radius 2 is 1.78 bits per heavy atom. The van der Waals surface area contributed by atoms with Crippen LogP contribution >= 0.6 is 11.3 Å².